The van der Waals surface area contributed by atoms with Crippen molar-refractivity contribution in [2.24, 2.45) is 0 Å². The van der Waals surface area contributed by atoms with Gasteiger partial charge in [-0.25, -0.2) is 4.39 Å². The topological polar surface area (TPSA) is 96.0 Å². The highest BCUT2D eigenvalue weighted by Gasteiger charge is 2.11. The van der Waals surface area contributed by atoms with Gasteiger partial charge in [0.05, 0.1) is 22.2 Å². The van der Waals surface area contributed by atoms with Gasteiger partial charge in [0.1, 0.15) is 5.82 Å². The van der Waals surface area contributed by atoms with Crippen molar-refractivity contribution in [2.45, 2.75) is 0 Å². The molecule has 0 saturated heterocycles. The first-order valence-corrected chi connectivity index (χ1v) is 6.43. The van der Waals surface area contributed by atoms with Crippen molar-refractivity contribution in [1.29, 1.82) is 5.26 Å². The lowest BCUT2D eigenvalue weighted by Crippen LogP contribution is -2.09. The van der Waals surface area contributed by atoms with E-state index in [2.05, 4.69) is 5.32 Å². The Morgan fingerprint density at radius 1 is 1.30 bits per heavy atom. The zero-order valence-electron chi connectivity index (χ0n) is 11.7. The lowest BCUT2D eigenvalue weighted by atomic mass is 10.1. The summed E-state index contributed by atoms with van der Waals surface area (Å²) in [5, 5.41) is 21.7. The molecule has 0 spiro atoms. The van der Waals surface area contributed by atoms with Crippen molar-refractivity contribution in [1.82, 2.24) is 0 Å². The number of carbonyl (C=O) groups excluding carboxylic acids is 1. The molecular formula is C16H10FN3O3. The second-order valence-electron chi connectivity index (χ2n) is 4.48. The minimum absolute atomic E-state index is 0.278. The Labute approximate surface area is 130 Å². The standard InChI is InChI=1S/C16H10FN3O3/c17-14-6-5-13(20(22)23)9-15(14)19-16(21)7-4-11-2-1-3-12(8-11)10-18/h1-9H,(H,19,21)/b7-4+. The highest BCUT2D eigenvalue weighted by atomic mass is 19.1. The van der Waals surface area contributed by atoms with Crippen LogP contribution >= 0.6 is 0 Å². The van der Waals surface area contributed by atoms with Crippen molar-refractivity contribution >= 4 is 23.4 Å². The number of hydrogen-bond donors (Lipinski definition) is 1. The summed E-state index contributed by atoms with van der Waals surface area (Å²) in [6.07, 6.45) is 2.60. The van der Waals surface area contributed by atoms with E-state index in [4.69, 9.17) is 5.26 Å². The number of nitro groups is 1. The Balaban J connectivity index is 2.13. The molecule has 0 heterocycles. The number of hydrogen-bond acceptors (Lipinski definition) is 4. The fourth-order valence-electron chi connectivity index (χ4n) is 1.78. The first kappa shape index (κ1) is 15.9. The molecular weight excluding hydrogens is 301 g/mol. The van der Waals surface area contributed by atoms with E-state index in [1.165, 1.54) is 6.08 Å². The lowest BCUT2D eigenvalue weighted by molar-refractivity contribution is -0.384. The predicted octanol–water partition coefficient (Wildman–Crippen LogP) is 3.26. The van der Waals surface area contributed by atoms with Gasteiger partial charge >= 0.3 is 0 Å². The second-order valence-corrected chi connectivity index (χ2v) is 4.48. The summed E-state index contributed by atoms with van der Waals surface area (Å²) in [5.41, 5.74) is 0.461. The largest absolute Gasteiger partial charge is 0.320 e. The van der Waals surface area contributed by atoms with E-state index in [0.717, 1.165) is 24.3 Å². The number of carbonyl (C=O) groups is 1. The lowest BCUT2D eigenvalue weighted by Gasteiger charge is -2.03. The van der Waals surface area contributed by atoms with Gasteiger partial charge in [0.2, 0.25) is 5.91 Å². The van der Waals surface area contributed by atoms with Crippen LogP contribution in [0.2, 0.25) is 0 Å². The third-order valence-corrected chi connectivity index (χ3v) is 2.86. The fraction of sp³-hybridized carbons (Fsp3) is 0. The first-order chi connectivity index (χ1) is 11.0. The number of anilines is 1. The molecule has 1 N–H and O–H groups in total. The monoisotopic (exact) mass is 311 g/mol. The maximum atomic E-state index is 13.6. The maximum absolute atomic E-state index is 13.6. The molecule has 7 heteroatoms. The van der Waals surface area contributed by atoms with Crippen LogP contribution in [0.4, 0.5) is 15.8 Å². The molecule has 0 aliphatic carbocycles. The van der Waals surface area contributed by atoms with Crippen LogP contribution in [-0.4, -0.2) is 10.8 Å². The van der Waals surface area contributed by atoms with E-state index in [1.807, 2.05) is 6.07 Å². The summed E-state index contributed by atoms with van der Waals surface area (Å²) < 4.78 is 13.6. The second kappa shape index (κ2) is 6.95. The fourth-order valence-corrected chi connectivity index (χ4v) is 1.78. The molecule has 0 unspecified atom stereocenters. The van der Waals surface area contributed by atoms with E-state index in [0.29, 0.717) is 11.1 Å². The highest BCUT2D eigenvalue weighted by Crippen LogP contribution is 2.21. The summed E-state index contributed by atoms with van der Waals surface area (Å²) in [6, 6.07) is 11.4. The number of nitrogens with zero attached hydrogens (tertiary/aromatic N) is 2. The Hall–Kier alpha value is -3.53. The van der Waals surface area contributed by atoms with Crippen molar-refractivity contribution in [2.75, 3.05) is 5.32 Å². The average molecular weight is 311 g/mol. The van der Waals surface area contributed by atoms with Crippen LogP contribution in [0, 0.1) is 27.3 Å². The van der Waals surface area contributed by atoms with E-state index >= 15 is 0 Å². The molecule has 0 aliphatic heterocycles. The van der Waals surface area contributed by atoms with Gasteiger partial charge in [-0.15, -0.1) is 0 Å². The summed E-state index contributed by atoms with van der Waals surface area (Å²) in [4.78, 5) is 21.7. The van der Waals surface area contributed by atoms with Crippen LogP contribution in [0.25, 0.3) is 6.08 Å². The molecule has 2 aromatic rings. The van der Waals surface area contributed by atoms with Gasteiger partial charge in [-0.05, 0) is 29.8 Å². The van der Waals surface area contributed by atoms with Gasteiger partial charge in [-0.2, -0.15) is 5.26 Å². The van der Waals surface area contributed by atoms with Crippen LogP contribution in [0.5, 0.6) is 0 Å². The van der Waals surface area contributed by atoms with Gasteiger partial charge in [-0.1, -0.05) is 12.1 Å². The number of benzene rings is 2. The highest BCUT2D eigenvalue weighted by molar-refractivity contribution is 6.02. The van der Waals surface area contributed by atoms with Crippen LogP contribution in [0.15, 0.2) is 48.5 Å². The number of nitriles is 1. The molecule has 0 radical (unpaired) electrons. The van der Waals surface area contributed by atoms with Gasteiger partial charge in [-0.3, -0.25) is 14.9 Å². The summed E-state index contributed by atoms with van der Waals surface area (Å²) >= 11 is 0. The van der Waals surface area contributed by atoms with Crippen LogP contribution in [-0.2, 0) is 4.79 Å². The molecule has 6 nitrogen and oxygen atoms in total. The summed E-state index contributed by atoms with van der Waals surface area (Å²) in [7, 11) is 0. The van der Waals surface area contributed by atoms with Gasteiger partial charge < -0.3 is 5.32 Å². The Bertz CT molecular complexity index is 841. The van der Waals surface area contributed by atoms with E-state index < -0.39 is 16.6 Å². The molecule has 2 rings (SSSR count). The molecule has 2 aromatic carbocycles. The Kier molecular flexibility index (Phi) is 4.79. The minimum Gasteiger partial charge on any atom is -0.320 e. The van der Waals surface area contributed by atoms with Gasteiger partial charge in [0.15, 0.2) is 0 Å². The minimum atomic E-state index is -0.774. The average Bonchev–Trinajstić information content (AvgIpc) is 2.55. The number of rotatable bonds is 4. The first-order valence-electron chi connectivity index (χ1n) is 6.43. The van der Waals surface area contributed by atoms with Crippen molar-refractivity contribution < 1.29 is 14.1 Å². The van der Waals surface area contributed by atoms with Crippen molar-refractivity contribution in [3.63, 3.8) is 0 Å². The smallest absolute Gasteiger partial charge is 0.271 e. The molecule has 0 aliphatic rings. The molecule has 0 saturated carbocycles. The summed E-state index contributed by atoms with van der Waals surface area (Å²) in [5.74, 6) is -1.42. The molecule has 0 aromatic heterocycles. The number of nitro benzene ring substituents is 1. The SMILES string of the molecule is N#Cc1cccc(/C=C/C(=O)Nc2cc([N+](=O)[O-])ccc2F)c1. The molecule has 0 bridgehead atoms. The van der Waals surface area contributed by atoms with E-state index in [-0.39, 0.29) is 11.4 Å². The molecule has 23 heavy (non-hydrogen) atoms. The molecule has 114 valence electrons. The van der Waals surface area contributed by atoms with Crippen LogP contribution in [0.3, 0.4) is 0 Å². The number of amides is 1. The van der Waals surface area contributed by atoms with Crippen molar-refractivity contribution in [3.8, 4) is 6.07 Å². The Morgan fingerprint density at radius 2 is 2.09 bits per heavy atom. The number of halogens is 1. The normalized spacial score (nSPS) is 10.3. The quantitative estimate of drug-likeness (QED) is 0.532. The number of nitrogens with one attached hydrogen (secondary N) is 1. The van der Waals surface area contributed by atoms with Crippen LogP contribution < -0.4 is 5.32 Å². The predicted molar refractivity (Wildman–Crippen MR) is 81.9 cm³/mol. The molecule has 1 amide bonds. The van der Waals surface area contributed by atoms with Gasteiger partial charge in [0.25, 0.3) is 5.69 Å². The zero-order chi connectivity index (χ0) is 16.8. The zero-order valence-corrected chi connectivity index (χ0v) is 11.7. The summed E-state index contributed by atoms with van der Waals surface area (Å²) in [6.45, 7) is 0. The van der Waals surface area contributed by atoms with Gasteiger partial charge in [0, 0.05) is 18.2 Å². The molecule has 0 fully saturated rings. The van der Waals surface area contributed by atoms with E-state index in [9.17, 15) is 19.3 Å². The Morgan fingerprint density at radius 3 is 2.78 bits per heavy atom. The third-order valence-electron chi connectivity index (χ3n) is 2.86. The van der Waals surface area contributed by atoms with Crippen molar-refractivity contribution in [3.05, 3.63) is 75.6 Å². The van der Waals surface area contributed by atoms with Crippen LogP contribution in [0.1, 0.15) is 11.1 Å². The molecule has 0 atom stereocenters. The third kappa shape index (κ3) is 4.22. The number of non-ortho nitro benzene ring substituents is 1. The maximum Gasteiger partial charge on any atom is 0.271 e. The van der Waals surface area contributed by atoms with E-state index in [1.54, 1.807) is 24.3 Å².